The molecule has 2 N–H and O–H groups in total. The summed E-state index contributed by atoms with van der Waals surface area (Å²) in [5.74, 6) is 0.333. The zero-order valence-corrected chi connectivity index (χ0v) is 20.5. The number of benzene rings is 2. The van der Waals surface area contributed by atoms with Crippen LogP contribution in [0.25, 0.3) is 0 Å². The minimum atomic E-state index is -1.26. The molecule has 0 bridgehead atoms. The van der Waals surface area contributed by atoms with Crippen LogP contribution in [0.2, 0.25) is 0 Å². The normalized spacial score (nSPS) is 20.7. The van der Waals surface area contributed by atoms with Crippen LogP contribution < -0.4 is 5.32 Å². The third-order valence-corrected chi connectivity index (χ3v) is 6.66. The van der Waals surface area contributed by atoms with Crippen molar-refractivity contribution in [1.29, 1.82) is 0 Å². The van der Waals surface area contributed by atoms with Gasteiger partial charge >= 0.3 is 12.0 Å². The molecule has 2 saturated heterocycles. The number of urea groups is 1. The highest BCUT2D eigenvalue weighted by molar-refractivity contribution is 5.94. The minimum Gasteiger partial charge on any atom is -0.481 e. The van der Waals surface area contributed by atoms with Crippen LogP contribution >= 0.6 is 0 Å². The van der Waals surface area contributed by atoms with Crippen molar-refractivity contribution in [2.75, 3.05) is 19.6 Å². The first-order valence-electron chi connectivity index (χ1n) is 12.0. The molecule has 0 saturated carbocycles. The summed E-state index contributed by atoms with van der Waals surface area (Å²) in [7, 11) is 0. The summed E-state index contributed by atoms with van der Waals surface area (Å²) in [6.07, 6.45) is 4.04. The van der Waals surface area contributed by atoms with Gasteiger partial charge in [-0.05, 0) is 18.1 Å². The number of carboxylic acid groups (broad SMARTS) is 1. The molecule has 0 spiro atoms. The summed E-state index contributed by atoms with van der Waals surface area (Å²) >= 11 is 0. The second-order valence-corrected chi connectivity index (χ2v) is 8.99. The number of carbonyl (C=O) groups excluding carboxylic acids is 3. The van der Waals surface area contributed by atoms with Gasteiger partial charge in [0.2, 0.25) is 11.8 Å². The number of nitrogens with zero attached hydrogens (tertiary/aromatic N) is 4. The molecule has 2 aliphatic rings. The molecule has 0 aromatic heterocycles. The largest absolute Gasteiger partial charge is 0.481 e. The first-order valence-corrected chi connectivity index (χ1v) is 12.0. The van der Waals surface area contributed by atoms with Crippen LogP contribution in [0.5, 0.6) is 0 Å². The van der Waals surface area contributed by atoms with Crippen LogP contribution in [0.1, 0.15) is 30.5 Å². The number of amides is 4. The molecule has 0 radical (unpaired) electrons. The molecule has 2 aliphatic heterocycles. The van der Waals surface area contributed by atoms with E-state index >= 15 is 0 Å². The maximum absolute atomic E-state index is 13.6. The number of hydrogen-bond acceptors (Lipinski definition) is 5. The Balaban J connectivity index is 1.69. The zero-order chi connectivity index (χ0) is 26.5. The first kappa shape index (κ1) is 25.7. The van der Waals surface area contributed by atoms with E-state index in [1.54, 1.807) is 0 Å². The van der Waals surface area contributed by atoms with Crippen molar-refractivity contribution in [1.82, 2.24) is 25.1 Å². The maximum Gasteiger partial charge on any atom is 0.334 e. The van der Waals surface area contributed by atoms with E-state index in [1.165, 1.54) is 19.8 Å². The van der Waals surface area contributed by atoms with Crippen molar-refractivity contribution in [2.45, 2.75) is 38.1 Å². The molecule has 2 heterocycles. The number of fused-ring (bicyclic) bond motifs is 1. The summed E-state index contributed by atoms with van der Waals surface area (Å²) in [5, 5.41) is 15.3. The van der Waals surface area contributed by atoms with Crippen molar-refractivity contribution in [3.05, 3.63) is 71.8 Å². The van der Waals surface area contributed by atoms with Gasteiger partial charge in [0.15, 0.2) is 0 Å². The smallest absolute Gasteiger partial charge is 0.334 e. The number of carboxylic acids is 1. The van der Waals surface area contributed by atoms with E-state index in [-0.39, 0.29) is 26.2 Å². The standard InChI is InChI=1S/C27H29N5O5/c1-3-14-29-18-24(33)31-22(15-25(34)35)26(36)30(19(2)21-12-8-5-9-13-21)17-23(31)32(29)27(37)28-16-20-10-6-4-7-11-20/h1,4-13,19,22-23H,14-18H2,2H3,(H,28,37)(H,34,35). The van der Waals surface area contributed by atoms with E-state index in [0.29, 0.717) is 0 Å². The Morgan fingerprint density at radius 3 is 2.38 bits per heavy atom. The summed E-state index contributed by atoms with van der Waals surface area (Å²) in [6, 6.07) is 16.5. The van der Waals surface area contributed by atoms with Gasteiger partial charge in [-0.1, -0.05) is 66.6 Å². The van der Waals surface area contributed by atoms with Crippen molar-refractivity contribution in [3.8, 4) is 12.3 Å². The second-order valence-electron chi connectivity index (χ2n) is 8.99. The third kappa shape index (κ3) is 5.42. The van der Waals surface area contributed by atoms with E-state index < -0.39 is 48.5 Å². The molecule has 3 atom stereocenters. The SMILES string of the molecule is C#CCN1CC(=O)N2C(CC(=O)O)C(=O)N(C(C)c3ccccc3)CC2N1C(=O)NCc1ccccc1. The van der Waals surface area contributed by atoms with Crippen LogP contribution in [0.15, 0.2) is 60.7 Å². The highest BCUT2D eigenvalue weighted by Gasteiger charge is 2.52. The molecule has 4 amide bonds. The number of piperazine rings is 1. The fourth-order valence-corrected chi connectivity index (χ4v) is 4.88. The molecule has 0 aliphatic carbocycles. The average molecular weight is 504 g/mol. The van der Waals surface area contributed by atoms with Gasteiger partial charge in [-0.15, -0.1) is 6.42 Å². The van der Waals surface area contributed by atoms with Crippen molar-refractivity contribution in [3.63, 3.8) is 0 Å². The number of rotatable bonds is 7. The van der Waals surface area contributed by atoms with E-state index in [9.17, 15) is 24.3 Å². The Bertz CT molecular complexity index is 1200. The van der Waals surface area contributed by atoms with Crippen molar-refractivity contribution in [2.24, 2.45) is 0 Å². The summed E-state index contributed by atoms with van der Waals surface area (Å²) in [6.45, 7) is 1.81. The minimum absolute atomic E-state index is 0.00339. The Morgan fingerprint density at radius 2 is 1.76 bits per heavy atom. The quantitative estimate of drug-likeness (QED) is 0.556. The van der Waals surface area contributed by atoms with Gasteiger partial charge in [-0.2, -0.15) is 5.01 Å². The lowest BCUT2D eigenvalue weighted by atomic mass is 9.99. The van der Waals surface area contributed by atoms with Crippen molar-refractivity contribution < 1.29 is 24.3 Å². The lowest BCUT2D eigenvalue weighted by molar-refractivity contribution is -0.192. The van der Waals surface area contributed by atoms with E-state index in [0.717, 1.165) is 11.1 Å². The van der Waals surface area contributed by atoms with Crippen LogP contribution in [-0.2, 0) is 20.9 Å². The predicted octanol–water partition coefficient (Wildman–Crippen LogP) is 1.66. The Morgan fingerprint density at radius 1 is 1.11 bits per heavy atom. The number of carbonyl (C=O) groups is 4. The van der Waals surface area contributed by atoms with Crippen LogP contribution in [-0.4, -0.2) is 80.6 Å². The van der Waals surface area contributed by atoms with Gasteiger partial charge in [-0.25, -0.2) is 9.80 Å². The van der Waals surface area contributed by atoms with Gasteiger partial charge in [0.25, 0.3) is 0 Å². The molecule has 192 valence electrons. The monoisotopic (exact) mass is 503 g/mol. The van der Waals surface area contributed by atoms with Gasteiger partial charge in [0.1, 0.15) is 12.2 Å². The number of hydrogen-bond donors (Lipinski definition) is 2. The van der Waals surface area contributed by atoms with Gasteiger partial charge < -0.3 is 20.2 Å². The van der Waals surface area contributed by atoms with E-state index in [2.05, 4.69) is 11.2 Å². The molecule has 10 nitrogen and oxygen atoms in total. The second kappa shape index (κ2) is 11.1. The highest BCUT2D eigenvalue weighted by atomic mass is 16.4. The van der Waals surface area contributed by atoms with E-state index in [1.807, 2.05) is 67.6 Å². The number of terminal acetylenes is 1. The molecule has 4 rings (SSSR count). The molecule has 37 heavy (non-hydrogen) atoms. The number of nitrogens with one attached hydrogen (secondary N) is 1. The zero-order valence-electron chi connectivity index (χ0n) is 20.5. The molecular weight excluding hydrogens is 474 g/mol. The summed E-state index contributed by atoms with van der Waals surface area (Å²) < 4.78 is 0. The van der Waals surface area contributed by atoms with Gasteiger partial charge in [0, 0.05) is 6.54 Å². The molecule has 10 heteroatoms. The Kier molecular flexibility index (Phi) is 7.74. The van der Waals surface area contributed by atoms with Crippen LogP contribution in [0.4, 0.5) is 4.79 Å². The lowest BCUT2D eigenvalue weighted by Crippen LogP contribution is -2.76. The van der Waals surface area contributed by atoms with Gasteiger partial charge in [0.05, 0.1) is 32.1 Å². The van der Waals surface area contributed by atoms with E-state index in [4.69, 9.17) is 6.42 Å². The number of aliphatic carboxylic acids is 1. The molecule has 2 aromatic carbocycles. The Hall–Kier alpha value is -4.36. The first-order chi connectivity index (χ1) is 17.8. The summed E-state index contributed by atoms with van der Waals surface area (Å²) in [4.78, 5) is 54.9. The predicted molar refractivity (Wildman–Crippen MR) is 134 cm³/mol. The topological polar surface area (TPSA) is 114 Å². The fourth-order valence-electron chi connectivity index (χ4n) is 4.88. The number of hydrazine groups is 1. The highest BCUT2D eigenvalue weighted by Crippen LogP contribution is 2.32. The lowest BCUT2D eigenvalue weighted by Gasteiger charge is -2.55. The molecular formula is C27H29N5O5. The van der Waals surface area contributed by atoms with Gasteiger partial charge in [-0.3, -0.25) is 14.4 Å². The van der Waals surface area contributed by atoms with Crippen LogP contribution in [0, 0.1) is 12.3 Å². The Labute approximate surface area is 215 Å². The molecule has 3 unspecified atom stereocenters. The maximum atomic E-state index is 13.6. The molecule has 2 aromatic rings. The summed E-state index contributed by atoms with van der Waals surface area (Å²) in [5.41, 5.74) is 1.73. The van der Waals surface area contributed by atoms with Crippen molar-refractivity contribution >= 4 is 23.8 Å². The fraction of sp³-hybridized carbons (Fsp3) is 0.333. The molecule has 2 fully saturated rings. The van der Waals surface area contributed by atoms with Crippen LogP contribution in [0.3, 0.4) is 0 Å². The third-order valence-electron chi connectivity index (χ3n) is 6.66. The average Bonchev–Trinajstić information content (AvgIpc) is 2.89.